The van der Waals surface area contributed by atoms with Crippen LogP contribution in [0.25, 0.3) is 0 Å². The Bertz CT molecular complexity index is 601. The normalized spacial score (nSPS) is 29.8. The maximum absolute atomic E-state index is 12.4. The van der Waals surface area contributed by atoms with Gasteiger partial charge in [-0.3, -0.25) is 9.59 Å². The number of carbonyl (C=O) groups excluding carboxylic acids is 1. The second-order valence-electron chi connectivity index (χ2n) is 5.13. The lowest BCUT2D eigenvalue weighted by atomic mass is 9.82. The number of amides is 1. The fourth-order valence-corrected chi connectivity index (χ4v) is 4.80. The number of thioether (sulfide) groups is 1. The van der Waals surface area contributed by atoms with E-state index in [1.54, 1.807) is 11.8 Å². The van der Waals surface area contributed by atoms with E-state index in [1.165, 1.54) is 11.3 Å². The highest BCUT2D eigenvalue weighted by Crippen LogP contribution is 2.48. The number of anilines is 1. The van der Waals surface area contributed by atoms with Crippen LogP contribution >= 0.6 is 23.1 Å². The second-order valence-corrected chi connectivity index (χ2v) is 7.62. The van der Waals surface area contributed by atoms with E-state index in [0.717, 1.165) is 16.5 Å². The van der Waals surface area contributed by atoms with Crippen molar-refractivity contribution in [1.29, 1.82) is 0 Å². The van der Waals surface area contributed by atoms with Gasteiger partial charge in [-0.1, -0.05) is 42.2 Å². The Morgan fingerprint density at radius 2 is 2.10 bits per heavy atom. The van der Waals surface area contributed by atoms with Crippen LogP contribution in [-0.4, -0.2) is 32.9 Å². The van der Waals surface area contributed by atoms with Crippen LogP contribution < -0.4 is 5.32 Å². The lowest BCUT2D eigenvalue weighted by molar-refractivity contribution is -0.146. The van der Waals surface area contributed by atoms with Crippen molar-refractivity contribution in [2.45, 2.75) is 17.7 Å². The van der Waals surface area contributed by atoms with E-state index in [-0.39, 0.29) is 17.7 Å². The minimum atomic E-state index is -0.897. The number of aliphatic carboxylic acids is 1. The molecule has 112 valence electrons. The van der Waals surface area contributed by atoms with Gasteiger partial charge in [0.2, 0.25) is 11.0 Å². The van der Waals surface area contributed by atoms with Gasteiger partial charge in [-0.25, -0.2) is 0 Å². The molecule has 3 rings (SSSR count). The van der Waals surface area contributed by atoms with E-state index < -0.39 is 17.8 Å². The summed E-state index contributed by atoms with van der Waals surface area (Å²) < 4.78 is 0.801. The second kappa shape index (κ2) is 5.76. The van der Waals surface area contributed by atoms with E-state index in [4.69, 9.17) is 0 Å². The number of carboxylic acid groups (broad SMARTS) is 1. The average Bonchev–Trinajstić information content (AvgIpc) is 3.13. The maximum atomic E-state index is 12.4. The highest BCUT2D eigenvalue weighted by molar-refractivity contribution is 8.01. The van der Waals surface area contributed by atoms with Gasteiger partial charge in [-0.2, -0.15) is 0 Å². The molecule has 1 heterocycles. The van der Waals surface area contributed by atoms with Crippen molar-refractivity contribution in [3.05, 3.63) is 12.2 Å². The van der Waals surface area contributed by atoms with Crippen molar-refractivity contribution in [2.24, 2.45) is 23.7 Å². The van der Waals surface area contributed by atoms with Gasteiger partial charge in [0.05, 0.1) is 11.8 Å². The Morgan fingerprint density at radius 3 is 2.76 bits per heavy atom. The van der Waals surface area contributed by atoms with Crippen LogP contribution in [0.5, 0.6) is 0 Å². The number of allylic oxidation sites excluding steroid dienone is 2. The smallest absolute Gasteiger partial charge is 0.307 e. The standard InChI is InChI=1S/C13H15N3O3S2/c1-2-20-13-16-15-12(21-13)14-10(17)8-6-3-4-7(5-6)9(8)11(18)19/h3-4,6-9H,2,5H2,1H3,(H,18,19)(H,14,15,17)/t6-,7+,8-,9+/m1/s1. The third kappa shape index (κ3) is 2.69. The molecule has 1 saturated carbocycles. The Morgan fingerprint density at radius 1 is 1.38 bits per heavy atom. The fourth-order valence-electron chi connectivity index (χ4n) is 3.15. The molecular weight excluding hydrogens is 310 g/mol. The first-order valence-electron chi connectivity index (χ1n) is 6.78. The predicted octanol–water partition coefficient (Wildman–Crippen LogP) is 2.11. The van der Waals surface area contributed by atoms with Crippen LogP contribution in [0, 0.1) is 23.7 Å². The van der Waals surface area contributed by atoms with Crippen molar-refractivity contribution in [1.82, 2.24) is 10.2 Å². The molecule has 0 saturated heterocycles. The van der Waals surface area contributed by atoms with Gasteiger partial charge < -0.3 is 10.4 Å². The minimum Gasteiger partial charge on any atom is -0.481 e. The molecule has 21 heavy (non-hydrogen) atoms. The van der Waals surface area contributed by atoms with E-state index in [1.807, 2.05) is 19.1 Å². The van der Waals surface area contributed by atoms with Crippen LogP contribution in [0.15, 0.2) is 16.5 Å². The van der Waals surface area contributed by atoms with Gasteiger partial charge in [0, 0.05) is 0 Å². The third-order valence-corrected chi connectivity index (χ3v) is 5.81. The van der Waals surface area contributed by atoms with Crippen LogP contribution in [0.3, 0.4) is 0 Å². The molecule has 1 aromatic heterocycles. The monoisotopic (exact) mass is 325 g/mol. The highest BCUT2D eigenvalue weighted by atomic mass is 32.2. The number of fused-ring (bicyclic) bond motifs is 2. The summed E-state index contributed by atoms with van der Waals surface area (Å²) in [5, 5.41) is 20.4. The molecule has 2 aliphatic carbocycles. The lowest BCUT2D eigenvalue weighted by Crippen LogP contribution is -2.36. The topological polar surface area (TPSA) is 92.2 Å². The minimum absolute atomic E-state index is 0.0218. The summed E-state index contributed by atoms with van der Waals surface area (Å²) in [6.07, 6.45) is 4.64. The number of hydrogen-bond acceptors (Lipinski definition) is 6. The van der Waals surface area contributed by atoms with Crippen molar-refractivity contribution in [3.63, 3.8) is 0 Å². The van der Waals surface area contributed by atoms with Crippen molar-refractivity contribution < 1.29 is 14.7 Å². The number of carbonyl (C=O) groups is 2. The molecule has 0 spiro atoms. The molecule has 1 fully saturated rings. The summed E-state index contributed by atoms with van der Waals surface area (Å²) >= 11 is 2.88. The molecule has 2 N–H and O–H groups in total. The van der Waals surface area contributed by atoms with Crippen molar-refractivity contribution in [3.8, 4) is 0 Å². The van der Waals surface area contributed by atoms with Gasteiger partial charge in [-0.15, -0.1) is 10.2 Å². The molecule has 0 unspecified atom stereocenters. The van der Waals surface area contributed by atoms with Gasteiger partial charge in [-0.05, 0) is 24.0 Å². The quantitative estimate of drug-likeness (QED) is 0.489. The molecule has 0 aliphatic heterocycles. The van der Waals surface area contributed by atoms with E-state index in [2.05, 4.69) is 15.5 Å². The Hall–Kier alpha value is -1.41. The van der Waals surface area contributed by atoms with Gasteiger partial charge >= 0.3 is 5.97 Å². The van der Waals surface area contributed by atoms with Crippen LogP contribution in [0.4, 0.5) is 5.13 Å². The molecule has 0 aromatic carbocycles. The van der Waals surface area contributed by atoms with E-state index in [9.17, 15) is 14.7 Å². The summed E-state index contributed by atoms with van der Waals surface area (Å²) in [7, 11) is 0. The van der Waals surface area contributed by atoms with Crippen LogP contribution in [-0.2, 0) is 9.59 Å². The zero-order valence-electron chi connectivity index (χ0n) is 11.4. The first-order chi connectivity index (χ1) is 10.1. The number of carboxylic acids is 1. The molecular formula is C13H15N3O3S2. The average molecular weight is 325 g/mol. The Labute approximate surface area is 130 Å². The van der Waals surface area contributed by atoms with Gasteiger partial charge in [0.15, 0.2) is 4.34 Å². The molecule has 8 heteroatoms. The maximum Gasteiger partial charge on any atom is 0.307 e. The van der Waals surface area contributed by atoms with E-state index in [0.29, 0.717) is 5.13 Å². The SMILES string of the molecule is CCSc1nnc(NC(=O)[C@H]2[C@@H](C(=O)O)[C@H]3C=C[C@@H]2C3)s1. The first kappa shape index (κ1) is 14.5. The van der Waals surface area contributed by atoms with Crippen LogP contribution in [0.2, 0.25) is 0 Å². The molecule has 2 bridgehead atoms. The fraction of sp³-hybridized carbons (Fsp3) is 0.538. The Balaban J connectivity index is 1.72. The molecule has 6 nitrogen and oxygen atoms in total. The summed E-state index contributed by atoms with van der Waals surface area (Å²) in [5.41, 5.74) is 0. The molecule has 2 aliphatic rings. The number of nitrogens with one attached hydrogen (secondary N) is 1. The number of rotatable bonds is 5. The van der Waals surface area contributed by atoms with E-state index >= 15 is 0 Å². The summed E-state index contributed by atoms with van der Waals surface area (Å²) in [6.45, 7) is 2.02. The van der Waals surface area contributed by atoms with Crippen molar-refractivity contribution in [2.75, 3.05) is 11.1 Å². The zero-order chi connectivity index (χ0) is 15.0. The number of hydrogen-bond donors (Lipinski definition) is 2. The molecule has 1 aromatic rings. The largest absolute Gasteiger partial charge is 0.481 e. The van der Waals surface area contributed by atoms with Gasteiger partial charge in [0.25, 0.3) is 0 Å². The van der Waals surface area contributed by atoms with Crippen molar-refractivity contribution >= 4 is 40.1 Å². The predicted molar refractivity (Wildman–Crippen MR) is 80.3 cm³/mol. The molecule has 0 radical (unpaired) electrons. The molecule has 4 atom stereocenters. The highest BCUT2D eigenvalue weighted by Gasteiger charge is 2.51. The van der Waals surface area contributed by atoms with Crippen LogP contribution in [0.1, 0.15) is 13.3 Å². The lowest BCUT2D eigenvalue weighted by Gasteiger charge is -2.23. The zero-order valence-corrected chi connectivity index (χ0v) is 13.0. The summed E-state index contributed by atoms with van der Waals surface area (Å²) in [4.78, 5) is 23.8. The summed E-state index contributed by atoms with van der Waals surface area (Å²) in [6, 6.07) is 0. The first-order valence-corrected chi connectivity index (χ1v) is 8.58. The Kier molecular flexibility index (Phi) is 3.99. The number of aromatic nitrogens is 2. The molecule has 1 amide bonds. The van der Waals surface area contributed by atoms with Gasteiger partial charge in [0.1, 0.15) is 0 Å². The number of nitrogens with zero attached hydrogens (tertiary/aromatic N) is 2. The third-order valence-electron chi connectivity index (χ3n) is 3.95. The summed E-state index contributed by atoms with van der Waals surface area (Å²) in [5.74, 6) is -1.41.